The van der Waals surface area contributed by atoms with E-state index in [1.54, 1.807) is 24.3 Å². The number of nitrogens with zero attached hydrogens (tertiary/aromatic N) is 1. The van der Waals surface area contributed by atoms with Crippen LogP contribution >= 0.6 is 0 Å². The summed E-state index contributed by atoms with van der Waals surface area (Å²) in [6.45, 7) is 0.112. The summed E-state index contributed by atoms with van der Waals surface area (Å²) in [7, 11) is 0. The van der Waals surface area contributed by atoms with Gasteiger partial charge in [0.2, 0.25) is 5.91 Å². The monoisotopic (exact) mass is 492 g/mol. The third-order valence-corrected chi connectivity index (χ3v) is 6.59. The zero-order valence-corrected chi connectivity index (χ0v) is 20.2. The van der Waals surface area contributed by atoms with E-state index in [1.165, 1.54) is 24.1 Å². The number of aryl methyl sites for hydroxylation is 3. The highest BCUT2D eigenvalue weighted by Gasteiger charge is 2.24. The van der Waals surface area contributed by atoms with Crippen molar-refractivity contribution >= 4 is 28.7 Å². The van der Waals surface area contributed by atoms with Crippen molar-refractivity contribution in [1.82, 2.24) is 20.6 Å². The lowest BCUT2D eigenvalue weighted by Gasteiger charge is -2.15. The number of nitrogens with one attached hydrogen (secondary N) is 3. The molecule has 1 aliphatic carbocycles. The molecular formula is C27H32N4O5. The Hall–Kier alpha value is -3.88. The maximum Gasteiger partial charge on any atom is 0.326 e. The van der Waals surface area contributed by atoms with Crippen molar-refractivity contribution in [3.05, 3.63) is 59.0 Å². The molecule has 2 aromatic heterocycles. The molecule has 0 bridgehead atoms. The maximum atomic E-state index is 12.6. The summed E-state index contributed by atoms with van der Waals surface area (Å²) in [4.78, 5) is 44.0. The van der Waals surface area contributed by atoms with E-state index in [0.717, 1.165) is 31.4 Å². The first-order valence-corrected chi connectivity index (χ1v) is 12.5. The Morgan fingerprint density at radius 2 is 1.86 bits per heavy atom. The number of hydrogen-bond donors (Lipinski definition) is 5. The van der Waals surface area contributed by atoms with Crippen LogP contribution in [0.1, 0.15) is 66.0 Å². The molecule has 4 rings (SSSR count). The number of carbonyl (C=O) groups excluding carboxylic acids is 2. The molecule has 1 aliphatic rings. The van der Waals surface area contributed by atoms with Gasteiger partial charge in [0, 0.05) is 35.3 Å². The van der Waals surface area contributed by atoms with Gasteiger partial charge in [-0.3, -0.25) is 14.6 Å². The number of hydrogen-bond acceptors (Lipinski definition) is 5. The zero-order valence-electron chi connectivity index (χ0n) is 20.2. The van der Waals surface area contributed by atoms with Gasteiger partial charge < -0.3 is 25.8 Å². The summed E-state index contributed by atoms with van der Waals surface area (Å²) in [6, 6.07) is 9.91. The highest BCUT2D eigenvalue weighted by molar-refractivity contribution is 6.04. The third kappa shape index (κ3) is 6.21. The van der Waals surface area contributed by atoms with Crippen LogP contribution in [0.25, 0.3) is 10.9 Å². The predicted octanol–water partition coefficient (Wildman–Crippen LogP) is 3.25. The number of unbranched alkanes of at least 4 members (excludes halogenated alkanes) is 1. The van der Waals surface area contributed by atoms with Crippen molar-refractivity contribution < 1.29 is 24.6 Å². The Morgan fingerprint density at radius 3 is 2.67 bits per heavy atom. The molecule has 0 fully saturated rings. The predicted molar refractivity (Wildman–Crippen MR) is 135 cm³/mol. The first kappa shape index (κ1) is 25.2. The fraction of sp³-hybridized carbons (Fsp3) is 0.407. The van der Waals surface area contributed by atoms with Crippen molar-refractivity contribution in [1.29, 1.82) is 0 Å². The van der Waals surface area contributed by atoms with Gasteiger partial charge in [0.25, 0.3) is 5.91 Å². The Bertz CT molecular complexity index is 1250. The average molecular weight is 493 g/mol. The number of fused-ring (bicyclic) bond motifs is 2. The molecule has 0 saturated heterocycles. The number of carboxylic acids is 1. The lowest BCUT2D eigenvalue weighted by molar-refractivity contribution is -0.139. The molecule has 1 aromatic carbocycles. The largest absolute Gasteiger partial charge is 0.505 e. The summed E-state index contributed by atoms with van der Waals surface area (Å²) in [6.07, 6.45) is 7.34. The first-order valence-electron chi connectivity index (χ1n) is 12.5. The van der Waals surface area contributed by atoms with Crippen LogP contribution in [0.5, 0.6) is 5.75 Å². The minimum atomic E-state index is -1.22. The van der Waals surface area contributed by atoms with Crippen LogP contribution in [0.4, 0.5) is 0 Å². The number of pyridine rings is 1. The molecule has 190 valence electrons. The molecule has 5 N–H and O–H groups in total. The molecule has 0 unspecified atom stereocenters. The van der Waals surface area contributed by atoms with Crippen LogP contribution in [-0.4, -0.2) is 50.6 Å². The quantitative estimate of drug-likeness (QED) is 0.260. The van der Waals surface area contributed by atoms with Crippen molar-refractivity contribution in [2.75, 3.05) is 6.54 Å². The molecule has 0 saturated carbocycles. The van der Waals surface area contributed by atoms with Gasteiger partial charge in [0.15, 0.2) is 5.75 Å². The summed E-state index contributed by atoms with van der Waals surface area (Å²) < 4.78 is 0. The molecule has 3 aromatic rings. The second-order valence-electron chi connectivity index (χ2n) is 9.22. The van der Waals surface area contributed by atoms with Crippen LogP contribution in [0, 0.1) is 0 Å². The number of para-hydroxylation sites is 1. The van der Waals surface area contributed by atoms with Crippen LogP contribution in [0.2, 0.25) is 0 Å². The van der Waals surface area contributed by atoms with Crippen LogP contribution < -0.4 is 10.6 Å². The van der Waals surface area contributed by atoms with E-state index >= 15 is 0 Å². The molecule has 1 atom stereocenters. The van der Waals surface area contributed by atoms with E-state index in [2.05, 4.69) is 27.8 Å². The minimum absolute atomic E-state index is 0.0207. The summed E-state index contributed by atoms with van der Waals surface area (Å²) in [5, 5.41) is 25.4. The molecule has 2 amide bonds. The molecule has 9 heteroatoms. The molecule has 9 nitrogen and oxygen atoms in total. The summed E-state index contributed by atoms with van der Waals surface area (Å²) in [5.41, 5.74) is 4.12. The van der Waals surface area contributed by atoms with Crippen molar-refractivity contribution in [2.45, 2.75) is 63.8 Å². The number of rotatable bonds is 11. The maximum absolute atomic E-state index is 12.6. The van der Waals surface area contributed by atoms with Crippen LogP contribution in [-0.2, 0) is 28.9 Å². The highest BCUT2D eigenvalue weighted by Crippen LogP contribution is 2.28. The van der Waals surface area contributed by atoms with Gasteiger partial charge in [-0.25, -0.2) is 4.79 Å². The fourth-order valence-corrected chi connectivity index (χ4v) is 4.58. The number of carboxylic acid groups (broad SMARTS) is 1. The van der Waals surface area contributed by atoms with Gasteiger partial charge in [-0.15, -0.1) is 0 Å². The van der Waals surface area contributed by atoms with E-state index < -0.39 is 17.9 Å². The number of aromatic nitrogens is 2. The molecule has 2 heterocycles. The number of aromatic hydroxyl groups is 1. The van der Waals surface area contributed by atoms with Crippen molar-refractivity contribution in [3.8, 4) is 5.75 Å². The van der Waals surface area contributed by atoms with Gasteiger partial charge in [-0.2, -0.15) is 0 Å². The van der Waals surface area contributed by atoms with E-state index in [-0.39, 0.29) is 30.3 Å². The van der Waals surface area contributed by atoms with Crippen LogP contribution in [0.3, 0.4) is 0 Å². The number of aromatic amines is 1. The van der Waals surface area contributed by atoms with E-state index in [9.17, 15) is 24.6 Å². The second kappa shape index (κ2) is 11.7. The molecule has 36 heavy (non-hydrogen) atoms. The van der Waals surface area contributed by atoms with Crippen LogP contribution in [0.15, 0.2) is 36.4 Å². The topological polar surface area (TPSA) is 144 Å². The Morgan fingerprint density at radius 1 is 1.06 bits per heavy atom. The van der Waals surface area contributed by atoms with Gasteiger partial charge >= 0.3 is 5.97 Å². The summed E-state index contributed by atoms with van der Waals surface area (Å²) in [5.74, 6) is -2.33. The van der Waals surface area contributed by atoms with Gasteiger partial charge in [0.05, 0.1) is 0 Å². The Labute approximate surface area is 209 Å². The number of benzene rings is 1. The highest BCUT2D eigenvalue weighted by atomic mass is 16.4. The number of carbonyl (C=O) groups is 3. The molecular weight excluding hydrogens is 460 g/mol. The van der Waals surface area contributed by atoms with E-state index in [4.69, 9.17) is 4.98 Å². The van der Waals surface area contributed by atoms with Gasteiger partial charge in [0.1, 0.15) is 11.7 Å². The van der Waals surface area contributed by atoms with E-state index in [0.29, 0.717) is 23.7 Å². The van der Waals surface area contributed by atoms with Gasteiger partial charge in [-0.1, -0.05) is 18.2 Å². The molecule has 0 spiro atoms. The van der Waals surface area contributed by atoms with Crippen molar-refractivity contribution in [2.24, 2.45) is 0 Å². The molecule has 0 radical (unpaired) electrons. The zero-order chi connectivity index (χ0) is 25.5. The Kier molecular flexibility index (Phi) is 8.20. The number of H-pyrrole nitrogens is 1. The van der Waals surface area contributed by atoms with E-state index in [1.807, 2.05) is 0 Å². The molecule has 0 aliphatic heterocycles. The first-order chi connectivity index (χ1) is 17.4. The normalized spacial score (nSPS) is 13.7. The minimum Gasteiger partial charge on any atom is -0.505 e. The standard InChI is InChI=1S/C27H32N4O5/c32-23(12-6-2-8-18-14-13-17-7-1-4-10-20(17)29-18)28-16-15-22(27(35)36)31-26(34)24-25(33)19-9-3-5-11-21(19)30-24/h3,5,9,11,13-14,22,30,33H,1-2,4,6-8,10,12,15-16H2,(H,28,32)(H,31,34)(H,35,36)/t22-/m0/s1. The second-order valence-corrected chi connectivity index (χ2v) is 9.22. The lowest BCUT2D eigenvalue weighted by atomic mass is 9.95. The SMILES string of the molecule is O=C(CCCCc1ccc2c(n1)CCCC2)NCC[C@H](NC(=O)c1[nH]c2ccccc2c1O)C(=O)O. The number of aliphatic carboxylic acids is 1. The van der Waals surface area contributed by atoms with Gasteiger partial charge in [-0.05, 0) is 75.1 Å². The smallest absolute Gasteiger partial charge is 0.326 e. The third-order valence-electron chi connectivity index (χ3n) is 6.59. The fourth-order valence-electron chi connectivity index (χ4n) is 4.58. The number of amides is 2. The lowest BCUT2D eigenvalue weighted by Crippen LogP contribution is -2.43. The average Bonchev–Trinajstić information content (AvgIpc) is 3.22. The summed E-state index contributed by atoms with van der Waals surface area (Å²) >= 11 is 0. The van der Waals surface area contributed by atoms with Crippen molar-refractivity contribution in [3.63, 3.8) is 0 Å². The Balaban J connectivity index is 1.18.